The number of quaternary nitrogens is 1. The molecule has 7 atom stereocenters. The van der Waals surface area contributed by atoms with Crippen molar-refractivity contribution in [1.82, 2.24) is 0 Å². The minimum absolute atomic E-state index is 0.596. The van der Waals surface area contributed by atoms with Crippen LogP contribution in [0.25, 0.3) is 0 Å². The summed E-state index contributed by atoms with van der Waals surface area (Å²) in [6.07, 6.45) is 15.1. The molecule has 20 heavy (non-hydrogen) atoms. The average molecular weight is 276 g/mol. The van der Waals surface area contributed by atoms with Crippen LogP contribution in [-0.4, -0.2) is 6.04 Å². The van der Waals surface area contributed by atoms with E-state index in [1.165, 1.54) is 44.9 Å². The molecular weight excluding hydrogens is 242 g/mol. The molecule has 0 aliphatic heterocycles. The van der Waals surface area contributed by atoms with E-state index in [0.29, 0.717) is 10.8 Å². The highest BCUT2D eigenvalue weighted by Gasteiger charge is 2.60. The second-order valence-corrected chi connectivity index (χ2v) is 9.22. The zero-order valence-corrected chi connectivity index (χ0v) is 13.7. The van der Waals surface area contributed by atoms with Crippen molar-refractivity contribution in [2.24, 2.45) is 34.5 Å². The zero-order chi connectivity index (χ0) is 14.0. The molecule has 0 radical (unpaired) electrons. The normalized spacial score (nSPS) is 58.6. The van der Waals surface area contributed by atoms with Crippen molar-refractivity contribution in [2.75, 3.05) is 0 Å². The fraction of sp³-hybridized carbons (Fsp3) is 1.00. The van der Waals surface area contributed by atoms with Crippen molar-refractivity contribution in [3.63, 3.8) is 0 Å². The first-order chi connectivity index (χ1) is 9.56. The van der Waals surface area contributed by atoms with Crippen LogP contribution in [0.1, 0.15) is 78.1 Å². The lowest BCUT2D eigenvalue weighted by molar-refractivity contribution is -0.445. The largest absolute Gasteiger partial charge is 0.355 e. The van der Waals surface area contributed by atoms with Crippen LogP contribution in [0.4, 0.5) is 0 Å². The second kappa shape index (κ2) is 4.48. The van der Waals surface area contributed by atoms with Crippen LogP contribution in [0.2, 0.25) is 0 Å². The quantitative estimate of drug-likeness (QED) is 0.692. The SMILES string of the molecule is C[C@]12CC[C@H]3[C@H](CC[C@@H]4CCCC[C@@]43C)[C@H]1CC[C@@H]2[NH3+]. The Morgan fingerprint density at radius 3 is 2.40 bits per heavy atom. The minimum Gasteiger partial charge on any atom is -0.355 e. The van der Waals surface area contributed by atoms with Gasteiger partial charge in [0.1, 0.15) is 0 Å². The minimum atomic E-state index is 0.596. The van der Waals surface area contributed by atoms with Crippen LogP contribution in [0.5, 0.6) is 0 Å². The summed E-state index contributed by atoms with van der Waals surface area (Å²) in [5.41, 5.74) is 5.84. The molecule has 0 spiro atoms. The molecule has 0 saturated heterocycles. The van der Waals surface area contributed by atoms with Gasteiger partial charge in [-0.3, -0.25) is 0 Å². The molecule has 4 aliphatic rings. The standard InChI is InChI=1S/C19H33N/c1-18-11-4-3-5-13(18)6-7-14-15-8-9-17(20)19(15,2)12-10-16(14)18/h13-17H,3-12,20H2,1-2H3/p+1/t13-,14+,15+,16-,17-,18-,19-/m0/s1. The molecule has 0 heterocycles. The summed E-state index contributed by atoms with van der Waals surface area (Å²) in [7, 11) is 0. The topological polar surface area (TPSA) is 27.6 Å². The third-order valence-electron chi connectivity index (χ3n) is 8.78. The fourth-order valence-corrected chi connectivity index (χ4v) is 7.40. The monoisotopic (exact) mass is 276 g/mol. The third-order valence-corrected chi connectivity index (χ3v) is 8.78. The third kappa shape index (κ3) is 1.65. The summed E-state index contributed by atoms with van der Waals surface area (Å²) in [4.78, 5) is 0. The molecule has 3 N–H and O–H groups in total. The zero-order valence-electron chi connectivity index (χ0n) is 13.7. The van der Waals surface area contributed by atoms with Crippen molar-refractivity contribution < 1.29 is 5.73 Å². The summed E-state index contributed by atoms with van der Waals surface area (Å²) in [6, 6.07) is 0.741. The van der Waals surface area contributed by atoms with E-state index in [4.69, 9.17) is 0 Å². The summed E-state index contributed by atoms with van der Waals surface area (Å²) in [5, 5.41) is 0. The Morgan fingerprint density at radius 1 is 0.750 bits per heavy atom. The average Bonchev–Trinajstić information content (AvgIpc) is 2.74. The Hall–Kier alpha value is -0.0400. The lowest BCUT2D eigenvalue weighted by Gasteiger charge is -2.60. The van der Waals surface area contributed by atoms with Gasteiger partial charge in [0.05, 0.1) is 6.04 Å². The van der Waals surface area contributed by atoms with Gasteiger partial charge in [-0.25, -0.2) is 0 Å². The molecule has 1 nitrogen and oxygen atoms in total. The van der Waals surface area contributed by atoms with E-state index in [1.807, 2.05) is 0 Å². The first-order valence-electron chi connectivity index (χ1n) is 9.39. The lowest BCUT2D eigenvalue weighted by atomic mass is 9.45. The highest BCUT2D eigenvalue weighted by atomic mass is 14.8. The van der Waals surface area contributed by atoms with Gasteiger partial charge in [0.15, 0.2) is 0 Å². The lowest BCUT2D eigenvalue weighted by Crippen LogP contribution is -2.68. The van der Waals surface area contributed by atoms with Gasteiger partial charge in [-0.15, -0.1) is 0 Å². The van der Waals surface area contributed by atoms with E-state index in [9.17, 15) is 0 Å². The Kier molecular flexibility index (Phi) is 3.05. The smallest absolute Gasteiger partial charge is 0.0900 e. The molecule has 0 aromatic carbocycles. The van der Waals surface area contributed by atoms with Gasteiger partial charge in [-0.05, 0) is 74.0 Å². The van der Waals surface area contributed by atoms with Gasteiger partial charge in [-0.2, -0.15) is 0 Å². The number of rotatable bonds is 0. The number of fused-ring (bicyclic) bond motifs is 5. The molecule has 0 unspecified atom stereocenters. The summed E-state index contributed by atoms with van der Waals surface area (Å²) in [5.74, 6) is 4.20. The van der Waals surface area contributed by atoms with Gasteiger partial charge in [0, 0.05) is 11.8 Å². The van der Waals surface area contributed by atoms with E-state index < -0.39 is 0 Å². The molecule has 0 aromatic heterocycles. The molecule has 1 heteroatoms. The highest BCUT2D eigenvalue weighted by molar-refractivity contribution is 5.08. The summed E-state index contributed by atoms with van der Waals surface area (Å²) >= 11 is 0. The predicted octanol–water partition coefficient (Wildman–Crippen LogP) is 4.03. The Morgan fingerprint density at radius 2 is 1.55 bits per heavy atom. The maximum Gasteiger partial charge on any atom is 0.0900 e. The van der Waals surface area contributed by atoms with Crippen LogP contribution in [0.3, 0.4) is 0 Å². The molecule has 4 fully saturated rings. The highest BCUT2D eigenvalue weighted by Crippen LogP contribution is 2.65. The van der Waals surface area contributed by atoms with Gasteiger partial charge in [0.2, 0.25) is 0 Å². The molecule has 114 valence electrons. The maximum absolute atomic E-state index is 4.53. The van der Waals surface area contributed by atoms with Crippen LogP contribution >= 0.6 is 0 Å². The Labute approximate surface area is 125 Å². The first-order valence-corrected chi connectivity index (χ1v) is 9.39. The first kappa shape index (κ1) is 13.6. The molecular formula is C19H34N+. The van der Waals surface area contributed by atoms with Crippen molar-refractivity contribution in [3.05, 3.63) is 0 Å². The molecule has 4 aliphatic carbocycles. The van der Waals surface area contributed by atoms with E-state index in [-0.39, 0.29) is 0 Å². The summed E-state index contributed by atoms with van der Waals surface area (Å²) < 4.78 is 0. The summed E-state index contributed by atoms with van der Waals surface area (Å²) in [6.45, 7) is 5.28. The molecule has 0 aromatic rings. The Bertz CT molecular complexity index is 391. The van der Waals surface area contributed by atoms with E-state index in [0.717, 1.165) is 29.7 Å². The number of hydrogen-bond donors (Lipinski definition) is 1. The van der Waals surface area contributed by atoms with Crippen molar-refractivity contribution in [2.45, 2.75) is 84.1 Å². The fourth-order valence-electron chi connectivity index (χ4n) is 7.40. The van der Waals surface area contributed by atoms with Crippen LogP contribution in [0.15, 0.2) is 0 Å². The second-order valence-electron chi connectivity index (χ2n) is 9.22. The van der Waals surface area contributed by atoms with E-state index >= 15 is 0 Å². The molecule has 0 amide bonds. The van der Waals surface area contributed by atoms with Gasteiger partial charge < -0.3 is 5.73 Å². The molecule has 0 bridgehead atoms. The molecule has 4 rings (SSSR count). The predicted molar refractivity (Wildman–Crippen MR) is 83.0 cm³/mol. The van der Waals surface area contributed by atoms with E-state index in [2.05, 4.69) is 19.6 Å². The van der Waals surface area contributed by atoms with Crippen LogP contribution < -0.4 is 5.73 Å². The van der Waals surface area contributed by atoms with Crippen LogP contribution in [0, 0.1) is 34.5 Å². The van der Waals surface area contributed by atoms with Crippen LogP contribution in [-0.2, 0) is 0 Å². The van der Waals surface area contributed by atoms with Gasteiger partial charge in [0.25, 0.3) is 0 Å². The Balaban J connectivity index is 1.64. The van der Waals surface area contributed by atoms with Gasteiger partial charge >= 0.3 is 0 Å². The van der Waals surface area contributed by atoms with Crippen molar-refractivity contribution in [1.29, 1.82) is 0 Å². The van der Waals surface area contributed by atoms with Crippen molar-refractivity contribution in [3.8, 4) is 0 Å². The molecule has 4 saturated carbocycles. The van der Waals surface area contributed by atoms with Crippen molar-refractivity contribution >= 4 is 0 Å². The van der Waals surface area contributed by atoms with Gasteiger partial charge in [-0.1, -0.05) is 26.7 Å². The number of hydrogen-bond acceptors (Lipinski definition) is 0. The van der Waals surface area contributed by atoms with E-state index in [1.54, 1.807) is 19.3 Å². The maximum atomic E-state index is 4.53.